The van der Waals surface area contributed by atoms with E-state index in [1.165, 1.54) is 0 Å². The molecule has 1 saturated heterocycles. The van der Waals surface area contributed by atoms with E-state index in [0.29, 0.717) is 29.1 Å². The lowest BCUT2D eigenvalue weighted by atomic mass is 10.1. The van der Waals surface area contributed by atoms with Gasteiger partial charge in [-0.25, -0.2) is 4.98 Å². The fraction of sp³-hybridized carbons (Fsp3) is 0.375. The van der Waals surface area contributed by atoms with Gasteiger partial charge in [0.2, 0.25) is 5.95 Å². The molecule has 1 N–H and O–H groups in total. The topological polar surface area (TPSA) is 50.3 Å². The van der Waals surface area contributed by atoms with Crippen LogP contribution < -0.4 is 10.2 Å². The molecule has 23 heavy (non-hydrogen) atoms. The first-order valence-electron chi connectivity index (χ1n) is 7.42. The van der Waals surface area contributed by atoms with Crippen molar-refractivity contribution in [3.8, 4) is 0 Å². The van der Waals surface area contributed by atoms with Crippen molar-refractivity contribution in [2.75, 3.05) is 37.0 Å². The van der Waals surface area contributed by atoms with E-state index in [2.05, 4.69) is 20.2 Å². The van der Waals surface area contributed by atoms with Crippen molar-refractivity contribution in [1.29, 1.82) is 0 Å². The first-order chi connectivity index (χ1) is 11.1. The van der Waals surface area contributed by atoms with E-state index in [1.807, 2.05) is 32.2 Å². The summed E-state index contributed by atoms with van der Waals surface area (Å²) in [7, 11) is 1.82. The number of nitrogens with one attached hydrogen (secondary N) is 1. The maximum atomic E-state index is 6.12. The van der Waals surface area contributed by atoms with Crippen LogP contribution in [0.3, 0.4) is 0 Å². The summed E-state index contributed by atoms with van der Waals surface area (Å²) in [6.45, 7) is 4.08. The molecule has 3 rings (SSSR count). The number of nitrogens with zero attached hydrogens (tertiary/aromatic N) is 3. The molecule has 2 heterocycles. The van der Waals surface area contributed by atoms with Gasteiger partial charge < -0.3 is 15.0 Å². The Morgan fingerprint density at radius 1 is 1.22 bits per heavy atom. The van der Waals surface area contributed by atoms with Gasteiger partial charge >= 0.3 is 0 Å². The summed E-state index contributed by atoms with van der Waals surface area (Å²) in [5, 5.41) is 4.08. The van der Waals surface area contributed by atoms with Crippen LogP contribution in [0.1, 0.15) is 17.4 Å². The summed E-state index contributed by atoms with van der Waals surface area (Å²) in [5.74, 6) is 1.52. The number of aromatic nitrogens is 2. The minimum Gasteiger partial charge on any atom is -0.370 e. The number of benzene rings is 1. The predicted octanol–water partition coefficient (Wildman–Crippen LogP) is 3.71. The largest absolute Gasteiger partial charge is 0.370 e. The summed E-state index contributed by atoms with van der Waals surface area (Å²) in [4.78, 5) is 11.1. The molecule has 1 fully saturated rings. The molecule has 5 nitrogen and oxygen atoms in total. The zero-order valence-corrected chi connectivity index (χ0v) is 14.5. The van der Waals surface area contributed by atoms with Gasteiger partial charge in [0.15, 0.2) is 0 Å². The van der Waals surface area contributed by atoms with Gasteiger partial charge in [0.25, 0.3) is 0 Å². The number of rotatable bonds is 3. The highest BCUT2D eigenvalue weighted by atomic mass is 35.5. The van der Waals surface area contributed by atoms with Crippen LogP contribution in [0.15, 0.2) is 24.3 Å². The Labute approximate surface area is 145 Å². The van der Waals surface area contributed by atoms with E-state index < -0.39 is 0 Å². The van der Waals surface area contributed by atoms with E-state index in [4.69, 9.17) is 27.9 Å². The van der Waals surface area contributed by atoms with Crippen LogP contribution in [0.2, 0.25) is 10.0 Å². The van der Waals surface area contributed by atoms with Gasteiger partial charge in [-0.2, -0.15) is 4.98 Å². The Balaban J connectivity index is 1.83. The van der Waals surface area contributed by atoms with Crippen LogP contribution in [-0.2, 0) is 4.74 Å². The molecule has 0 spiro atoms. The van der Waals surface area contributed by atoms with Crippen molar-refractivity contribution in [1.82, 2.24) is 9.97 Å². The molecule has 0 bridgehead atoms. The van der Waals surface area contributed by atoms with Gasteiger partial charge in [0.05, 0.1) is 16.7 Å². The third-order valence-corrected chi connectivity index (χ3v) is 4.51. The molecule has 2 aromatic rings. The average Bonchev–Trinajstić information content (AvgIpc) is 2.57. The lowest BCUT2D eigenvalue weighted by Crippen LogP contribution is -2.39. The Kier molecular flexibility index (Phi) is 4.90. The maximum Gasteiger partial charge on any atom is 0.224 e. The molecule has 1 aliphatic heterocycles. The number of aryl methyl sites for hydroxylation is 1. The van der Waals surface area contributed by atoms with Gasteiger partial charge in [0.1, 0.15) is 11.9 Å². The molecule has 7 heteroatoms. The number of hydrogen-bond acceptors (Lipinski definition) is 5. The molecule has 1 aliphatic rings. The second-order valence-corrected chi connectivity index (χ2v) is 6.23. The van der Waals surface area contributed by atoms with Crippen molar-refractivity contribution in [2.45, 2.75) is 13.0 Å². The van der Waals surface area contributed by atoms with Gasteiger partial charge in [-0.05, 0) is 24.6 Å². The first-order valence-corrected chi connectivity index (χ1v) is 8.17. The molecule has 1 atom stereocenters. The second-order valence-electron chi connectivity index (χ2n) is 5.42. The van der Waals surface area contributed by atoms with Crippen LogP contribution in [0.5, 0.6) is 0 Å². The fourth-order valence-electron chi connectivity index (χ4n) is 2.60. The van der Waals surface area contributed by atoms with Crippen LogP contribution in [0.4, 0.5) is 11.8 Å². The second kappa shape index (κ2) is 6.91. The summed E-state index contributed by atoms with van der Waals surface area (Å²) in [6.07, 6.45) is -0.0631. The molecule has 122 valence electrons. The smallest absolute Gasteiger partial charge is 0.224 e. The highest BCUT2D eigenvalue weighted by Crippen LogP contribution is 2.30. The van der Waals surface area contributed by atoms with E-state index >= 15 is 0 Å². The normalized spacial score (nSPS) is 18.1. The van der Waals surface area contributed by atoms with E-state index in [1.54, 1.807) is 6.07 Å². The first kappa shape index (κ1) is 16.3. The number of morpholine rings is 1. The molecule has 1 aromatic heterocycles. The van der Waals surface area contributed by atoms with Gasteiger partial charge in [-0.1, -0.05) is 29.3 Å². The molecule has 0 aliphatic carbocycles. The van der Waals surface area contributed by atoms with Crippen LogP contribution in [-0.4, -0.2) is 36.7 Å². The fourth-order valence-corrected chi connectivity index (χ4v) is 2.90. The van der Waals surface area contributed by atoms with Crippen LogP contribution >= 0.6 is 23.2 Å². The van der Waals surface area contributed by atoms with Crippen molar-refractivity contribution < 1.29 is 4.74 Å². The van der Waals surface area contributed by atoms with Crippen molar-refractivity contribution >= 4 is 35.0 Å². The van der Waals surface area contributed by atoms with Crippen LogP contribution in [0.25, 0.3) is 0 Å². The highest BCUT2D eigenvalue weighted by Gasteiger charge is 2.24. The maximum absolute atomic E-state index is 6.12. The third-order valence-electron chi connectivity index (χ3n) is 3.77. The monoisotopic (exact) mass is 352 g/mol. The van der Waals surface area contributed by atoms with Crippen molar-refractivity contribution in [3.63, 3.8) is 0 Å². The Morgan fingerprint density at radius 2 is 2.04 bits per heavy atom. The van der Waals surface area contributed by atoms with Gasteiger partial charge in [-0.15, -0.1) is 0 Å². The van der Waals surface area contributed by atoms with Gasteiger partial charge in [0, 0.05) is 31.9 Å². The summed E-state index contributed by atoms with van der Waals surface area (Å²) < 4.78 is 5.89. The molecule has 0 saturated carbocycles. The zero-order chi connectivity index (χ0) is 16.4. The van der Waals surface area contributed by atoms with Crippen molar-refractivity contribution in [3.05, 3.63) is 45.6 Å². The lowest BCUT2D eigenvalue weighted by Gasteiger charge is -2.34. The predicted molar refractivity (Wildman–Crippen MR) is 93.7 cm³/mol. The number of ether oxygens (including phenoxy) is 1. The molecule has 1 aromatic carbocycles. The molecular formula is C16H18Cl2N4O. The molecule has 0 unspecified atom stereocenters. The Morgan fingerprint density at radius 3 is 2.78 bits per heavy atom. The minimum atomic E-state index is -0.0631. The SMILES string of the molecule is CNc1nc(C)cc(N2CCO[C@H](c3ccc(Cl)c(Cl)c3)C2)n1. The van der Waals surface area contributed by atoms with Gasteiger partial charge in [-0.3, -0.25) is 0 Å². The summed E-state index contributed by atoms with van der Waals surface area (Å²) >= 11 is 12.1. The minimum absolute atomic E-state index is 0.0631. The lowest BCUT2D eigenvalue weighted by molar-refractivity contribution is 0.0395. The highest BCUT2D eigenvalue weighted by molar-refractivity contribution is 6.42. The summed E-state index contributed by atoms with van der Waals surface area (Å²) in [6, 6.07) is 7.60. The van der Waals surface area contributed by atoms with E-state index in [0.717, 1.165) is 23.6 Å². The zero-order valence-electron chi connectivity index (χ0n) is 13.0. The standard InChI is InChI=1S/C16H18Cl2N4O/c1-10-7-15(21-16(19-2)20-10)22-5-6-23-14(9-22)11-3-4-12(17)13(18)8-11/h3-4,7-8,14H,5-6,9H2,1-2H3,(H,19,20,21)/t14-/m0/s1. The molecule has 0 amide bonds. The van der Waals surface area contributed by atoms with E-state index in [-0.39, 0.29) is 6.10 Å². The quantitative estimate of drug-likeness (QED) is 0.912. The number of anilines is 2. The third kappa shape index (κ3) is 3.68. The Bertz CT molecular complexity index is 710. The molecule has 0 radical (unpaired) electrons. The van der Waals surface area contributed by atoms with E-state index in [9.17, 15) is 0 Å². The average molecular weight is 353 g/mol. The Hall–Kier alpha value is -1.56. The van der Waals surface area contributed by atoms with Crippen LogP contribution in [0, 0.1) is 6.92 Å². The molecular weight excluding hydrogens is 335 g/mol. The number of hydrogen-bond donors (Lipinski definition) is 1. The van der Waals surface area contributed by atoms with Crippen molar-refractivity contribution in [2.24, 2.45) is 0 Å². The summed E-state index contributed by atoms with van der Waals surface area (Å²) in [5.41, 5.74) is 1.95. The number of halogens is 2.